The van der Waals surface area contributed by atoms with E-state index in [1.165, 1.54) is 12.1 Å². The summed E-state index contributed by atoms with van der Waals surface area (Å²) < 4.78 is 44.2. The molecule has 1 saturated heterocycles. The monoisotopic (exact) mass is 505 g/mol. The Morgan fingerprint density at radius 3 is 2.57 bits per heavy atom. The van der Waals surface area contributed by atoms with Gasteiger partial charge in [0, 0.05) is 17.5 Å². The van der Waals surface area contributed by atoms with Crippen LogP contribution in [-0.2, 0) is 21.0 Å². The maximum absolute atomic E-state index is 15.0. The van der Waals surface area contributed by atoms with Crippen molar-refractivity contribution in [3.8, 4) is 0 Å². The van der Waals surface area contributed by atoms with Crippen LogP contribution in [-0.4, -0.2) is 41.8 Å². The number of aliphatic hydroxyl groups excluding tert-OH is 1. The molecule has 12 heteroatoms. The summed E-state index contributed by atoms with van der Waals surface area (Å²) >= 11 is 0. The van der Waals surface area contributed by atoms with Crippen LogP contribution in [0.3, 0.4) is 0 Å². The second-order valence-electron chi connectivity index (χ2n) is 7.01. The molecule has 0 aliphatic carbocycles. The minimum atomic E-state index is -1.47. The van der Waals surface area contributed by atoms with Crippen molar-refractivity contribution in [3.05, 3.63) is 63.9 Å². The number of aryl methyl sites for hydroxylation is 1. The first-order valence-corrected chi connectivity index (χ1v) is 10.8. The molecule has 0 aromatic heterocycles. The van der Waals surface area contributed by atoms with Gasteiger partial charge in [-0.2, -0.15) is 0 Å². The minimum absolute atomic E-state index is 0. The number of hydrogen-bond donors (Lipinski definition) is 2. The van der Waals surface area contributed by atoms with Crippen LogP contribution < -0.4 is 34.9 Å². The third-order valence-corrected chi connectivity index (χ3v) is 4.60. The molecule has 2 amide bonds. The number of hydrogen-bond acceptors (Lipinski definition) is 6. The average molecular weight is 505 g/mol. The maximum atomic E-state index is 15.0. The van der Waals surface area contributed by atoms with Crippen LogP contribution in [0.15, 0.2) is 24.3 Å². The van der Waals surface area contributed by atoms with Gasteiger partial charge in [0.15, 0.2) is 11.6 Å². The van der Waals surface area contributed by atoms with E-state index in [4.69, 9.17) is 9.94 Å². The van der Waals surface area contributed by atoms with Gasteiger partial charge in [-0.05, 0) is 37.1 Å². The second-order valence-corrected chi connectivity index (χ2v) is 7.01. The van der Waals surface area contributed by atoms with E-state index in [-0.39, 0.29) is 60.4 Å². The SMILES string of the molecule is CC.Cc1ccc(Nc2c(C(=O)[N-]OCCO)cc(CN3OCCCC3=O)c(F)c2F)c(F)c1.[Na+]. The van der Waals surface area contributed by atoms with E-state index in [1.807, 2.05) is 13.8 Å². The molecule has 1 aliphatic rings. The summed E-state index contributed by atoms with van der Waals surface area (Å²) in [6.07, 6.45) is 0.689. The number of nitrogens with one attached hydrogen (secondary N) is 1. The number of nitrogens with zero attached hydrogens (tertiary/aromatic N) is 2. The zero-order valence-corrected chi connectivity index (χ0v) is 22.2. The Balaban J connectivity index is 0.00000199. The van der Waals surface area contributed by atoms with E-state index in [0.717, 1.165) is 11.1 Å². The summed E-state index contributed by atoms with van der Waals surface area (Å²) in [6, 6.07) is 5.03. The Bertz CT molecular complexity index is 1030. The normalized spacial score (nSPS) is 12.9. The third-order valence-electron chi connectivity index (χ3n) is 4.60. The predicted molar refractivity (Wildman–Crippen MR) is 119 cm³/mol. The fourth-order valence-electron chi connectivity index (χ4n) is 3.02. The van der Waals surface area contributed by atoms with Crippen molar-refractivity contribution in [1.29, 1.82) is 0 Å². The van der Waals surface area contributed by atoms with Crippen LogP contribution in [0.25, 0.3) is 5.48 Å². The molecule has 0 spiro atoms. The molecule has 35 heavy (non-hydrogen) atoms. The Hall–Kier alpha value is -2.15. The average Bonchev–Trinajstić information content (AvgIpc) is 2.82. The van der Waals surface area contributed by atoms with Crippen LogP contribution in [0.4, 0.5) is 24.5 Å². The number of amides is 2. The fraction of sp³-hybridized carbons (Fsp3) is 0.391. The number of carbonyl (C=O) groups excluding carboxylic acids is 2. The van der Waals surface area contributed by atoms with E-state index in [1.54, 1.807) is 13.0 Å². The molecule has 1 heterocycles. The van der Waals surface area contributed by atoms with Crippen molar-refractivity contribution in [3.63, 3.8) is 0 Å². The van der Waals surface area contributed by atoms with Crippen molar-refractivity contribution >= 4 is 23.2 Å². The van der Waals surface area contributed by atoms with Crippen molar-refractivity contribution in [2.75, 3.05) is 25.1 Å². The number of aliphatic hydroxyl groups is 1. The van der Waals surface area contributed by atoms with Gasteiger partial charge >= 0.3 is 29.6 Å². The molecule has 1 aliphatic heterocycles. The molecule has 0 bridgehead atoms. The standard InChI is InChI=1S/C21H22F3N3O5.C2H6.Na/c1-12-4-5-16(15(22)9-12)25-20-14(21(30)26-31-8-6-28)10-13(18(23)19(20)24)11-27-17(29)3-2-7-32-27;1-2;/h4-5,9-10,28H,2-3,6-8,11H2,1H3,(H2,25,26,30);1-2H3;/q;;+1/p-1. The Kier molecular flexibility index (Phi) is 13.3. The van der Waals surface area contributed by atoms with E-state index < -0.39 is 53.7 Å². The van der Waals surface area contributed by atoms with Crippen LogP contribution in [0.5, 0.6) is 0 Å². The molecule has 0 atom stereocenters. The zero-order chi connectivity index (χ0) is 25.3. The topological polar surface area (TPSA) is 102 Å². The summed E-state index contributed by atoms with van der Waals surface area (Å²) in [6.45, 7) is 4.72. The van der Waals surface area contributed by atoms with Crippen LogP contribution in [0, 0.1) is 24.4 Å². The second kappa shape index (κ2) is 15.1. The quantitative estimate of drug-likeness (QED) is 0.322. The number of benzene rings is 2. The van der Waals surface area contributed by atoms with E-state index >= 15 is 4.39 Å². The van der Waals surface area contributed by atoms with Gasteiger partial charge in [0.25, 0.3) is 0 Å². The number of anilines is 2. The van der Waals surface area contributed by atoms with Crippen molar-refractivity contribution in [1.82, 2.24) is 5.06 Å². The molecule has 2 aromatic rings. The molecule has 2 N–H and O–H groups in total. The Labute approximate surface area is 224 Å². The van der Waals surface area contributed by atoms with Crippen LogP contribution in [0.2, 0.25) is 0 Å². The van der Waals surface area contributed by atoms with Gasteiger partial charge in [0.2, 0.25) is 5.91 Å². The van der Waals surface area contributed by atoms with Crippen LogP contribution in [0.1, 0.15) is 48.2 Å². The largest absolute Gasteiger partial charge is 1.00 e. The minimum Gasteiger partial charge on any atom is -0.527 e. The van der Waals surface area contributed by atoms with Gasteiger partial charge in [0.05, 0.1) is 37.7 Å². The first-order valence-electron chi connectivity index (χ1n) is 10.8. The number of halogens is 3. The van der Waals surface area contributed by atoms with Gasteiger partial charge in [-0.1, -0.05) is 19.9 Å². The molecule has 0 radical (unpaired) electrons. The summed E-state index contributed by atoms with van der Waals surface area (Å²) in [5.41, 5.74) is 2.22. The molecular weight excluding hydrogens is 478 g/mol. The molecule has 186 valence electrons. The number of rotatable bonds is 8. The molecule has 3 rings (SSSR count). The molecule has 0 saturated carbocycles. The summed E-state index contributed by atoms with van der Waals surface area (Å²) in [7, 11) is 0. The molecular formula is C23H27F3N3NaO5. The Morgan fingerprint density at radius 1 is 1.23 bits per heavy atom. The summed E-state index contributed by atoms with van der Waals surface area (Å²) in [4.78, 5) is 34.3. The molecule has 2 aromatic carbocycles. The fourth-order valence-corrected chi connectivity index (χ4v) is 3.02. The van der Waals surface area contributed by atoms with Crippen molar-refractivity contribution in [2.45, 2.75) is 40.2 Å². The number of carbonyl (C=O) groups is 2. The van der Waals surface area contributed by atoms with Crippen molar-refractivity contribution < 1.29 is 67.1 Å². The van der Waals surface area contributed by atoms with Gasteiger partial charge < -0.3 is 25.5 Å². The first-order chi connectivity index (χ1) is 16.3. The van der Waals surface area contributed by atoms with E-state index in [9.17, 15) is 18.4 Å². The van der Waals surface area contributed by atoms with E-state index in [2.05, 4.69) is 15.6 Å². The van der Waals surface area contributed by atoms with Crippen LogP contribution >= 0.6 is 0 Å². The zero-order valence-electron chi connectivity index (χ0n) is 20.2. The first kappa shape index (κ1) is 30.9. The number of hydroxylamine groups is 3. The Morgan fingerprint density at radius 2 is 1.94 bits per heavy atom. The van der Waals surface area contributed by atoms with Gasteiger partial charge in [-0.25, -0.2) is 18.2 Å². The maximum Gasteiger partial charge on any atom is 1.00 e. The van der Waals surface area contributed by atoms with E-state index in [0.29, 0.717) is 12.0 Å². The predicted octanol–water partition coefficient (Wildman–Crippen LogP) is 1.68. The summed E-state index contributed by atoms with van der Waals surface area (Å²) in [5.74, 6) is -5.06. The smallest absolute Gasteiger partial charge is 0.527 e. The molecule has 0 unspecified atom stereocenters. The molecule has 8 nitrogen and oxygen atoms in total. The van der Waals surface area contributed by atoms with Gasteiger partial charge in [-0.3, -0.25) is 9.63 Å². The third kappa shape index (κ3) is 8.19. The molecule has 1 fully saturated rings. The van der Waals surface area contributed by atoms with Gasteiger partial charge in [-0.15, -0.1) is 0 Å². The summed E-state index contributed by atoms with van der Waals surface area (Å²) in [5, 5.41) is 12.1. The van der Waals surface area contributed by atoms with Crippen molar-refractivity contribution in [2.24, 2.45) is 0 Å². The van der Waals surface area contributed by atoms with Gasteiger partial charge in [0.1, 0.15) is 11.7 Å².